The summed E-state index contributed by atoms with van der Waals surface area (Å²) in [5, 5.41) is 10.4. The van der Waals surface area contributed by atoms with Crippen LogP contribution in [-0.2, 0) is 5.41 Å². The van der Waals surface area contributed by atoms with Crippen LogP contribution in [0, 0.1) is 0 Å². The molecule has 0 bridgehead atoms. The first-order valence-electron chi connectivity index (χ1n) is 18.7. The van der Waals surface area contributed by atoms with Gasteiger partial charge in [0.05, 0.1) is 5.41 Å². The third kappa shape index (κ3) is 3.25. The minimum absolute atomic E-state index is 0.408. The molecule has 0 atom stereocenters. The van der Waals surface area contributed by atoms with E-state index in [4.69, 9.17) is 0 Å². The predicted molar refractivity (Wildman–Crippen MR) is 223 cm³/mol. The fourth-order valence-corrected chi connectivity index (χ4v) is 10.9. The summed E-state index contributed by atoms with van der Waals surface area (Å²) < 4.78 is 0. The molecule has 0 saturated heterocycles. The van der Waals surface area contributed by atoms with Gasteiger partial charge in [0.1, 0.15) is 0 Å². The molecule has 0 heterocycles. The lowest BCUT2D eigenvalue weighted by Crippen LogP contribution is -2.25. The Morgan fingerprint density at radius 2 is 0.755 bits per heavy atom. The highest BCUT2D eigenvalue weighted by Gasteiger charge is 2.52. The molecule has 0 aliphatic heterocycles. The van der Waals surface area contributed by atoms with Crippen molar-refractivity contribution in [2.45, 2.75) is 5.41 Å². The minimum Gasteiger partial charge on any atom is -0.0619 e. The van der Waals surface area contributed by atoms with Gasteiger partial charge in [0.25, 0.3) is 0 Å². The molecule has 3 aliphatic carbocycles. The Balaban J connectivity index is 1.23. The largest absolute Gasteiger partial charge is 0.0725 e. The van der Waals surface area contributed by atoms with Gasteiger partial charge in [-0.25, -0.2) is 0 Å². The molecule has 1 spiro atoms. The summed E-state index contributed by atoms with van der Waals surface area (Å²) in [6.07, 6.45) is 0. The molecule has 242 valence electrons. The zero-order valence-corrected chi connectivity index (χ0v) is 28.8. The van der Waals surface area contributed by atoms with Crippen molar-refractivity contribution in [3.63, 3.8) is 0 Å². The molecular formula is C53H30. The van der Waals surface area contributed by atoms with Crippen molar-refractivity contribution in [3.05, 3.63) is 204 Å². The Morgan fingerprint density at radius 1 is 0.245 bits per heavy atom. The van der Waals surface area contributed by atoms with E-state index in [-0.39, 0.29) is 0 Å². The summed E-state index contributed by atoms with van der Waals surface area (Å²) in [7, 11) is 0. The molecule has 0 fully saturated rings. The van der Waals surface area contributed by atoms with Gasteiger partial charge in [-0.2, -0.15) is 0 Å². The number of fused-ring (bicyclic) bond motifs is 18. The van der Waals surface area contributed by atoms with E-state index in [1.54, 1.807) is 0 Å². The van der Waals surface area contributed by atoms with E-state index in [0.29, 0.717) is 0 Å². The van der Waals surface area contributed by atoms with Gasteiger partial charge in [0, 0.05) is 0 Å². The van der Waals surface area contributed by atoms with E-state index < -0.39 is 5.41 Å². The molecule has 0 aromatic heterocycles. The van der Waals surface area contributed by atoms with Gasteiger partial charge in [-0.1, -0.05) is 164 Å². The van der Waals surface area contributed by atoms with Crippen LogP contribution in [-0.4, -0.2) is 0 Å². The molecular weight excluding hydrogens is 637 g/mol. The van der Waals surface area contributed by atoms with E-state index >= 15 is 0 Å². The molecule has 0 amide bonds. The van der Waals surface area contributed by atoms with Crippen molar-refractivity contribution in [1.29, 1.82) is 0 Å². The van der Waals surface area contributed by atoms with Crippen LogP contribution in [0.25, 0.3) is 98.7 Å². The number of hydrogen-bond donors (Lipinski definition) is 0. The van der Waals surface area contributed by atoms with Gasteiger partial charge in [-0.05, 0) is 139 Å². The summed E-state index contributed by atoms with van der Waals surface area (Å²) in [6, 6.07) is 69.0. The summed E-state index contributed by atoms with van der Waals surface area (Å²) >= 11 is 0. The Kier molecular flexibility index (Phi) is 5.14. The third-order valence-corrected chi connectivity index (χ3v) is 12.8. The van der Waals surface area contributed by atoms with E-state index in [0.717, 1.165) is 0 Å². The van der Waals surface area contributed by atoms with Crippen LogP contribution in [0.5, 0.6) is 0 Å². The maximum Gasteiger partial charge on any atom is 0.0725 e. The number of rotatable bonds is 1. The number of benzene rings is 10. The molecule has 0 N–H and O–H groups in total. The van der Waals surface area contributed by atoms with Crippen LogP contribution in [0.2, 0.25) is 0 Å². The van der Waals surface area contributed by atoms with Gasteiger partial charge >= 0.3 is 0 Å². The van der Waals surface area contributed by atoms with Crippen LogP contribution in [0.15, 0.2) is 182 Å². The number of hydrogen-bond acceptors (Lipinski definition) is 0. The summed E-state index contributed by atoms with van der Waals surface area (Å²) in [5.41, 5.74) is 18.5. The molecule has 0 saturated carbocycles. The molecule has 10 aromatic carbocycles. The van der Waals surface area contributed by atoms with Gasteiger partial charge in [-0.3, -0.25) is 0 Å². The SMILES string of the molecule is c1ccc2c(c1)-c1ccccc1C21c2ccccc2-c2c1cc1c3c(cccc23)-c2cc3ccccc3c(-c3cc4ccccc4c4ccccc34)c2-1. The average Bonchev–Trinajstić information content (AvgIpc) is 3.82. The van der Waals surface area contributed by atoms with Gasteiger partial charge in [0.15, 0.2) is 0 Å². The first kappa shape index (κ1) is 27.9. The van der Waals surface area contributed by atoms with E-state index in [2.05, 4.69) is 182 Å². The minimum atomic E-state index is -0.408. The third-order valence-electron chi connectivity index (χ3n) is 12.8. The van der Waals surface area contributed by atoms with Crippen LogP contribution in [0.4, 0.5) is 0 Å². The van der Waals surface area contributed by atoms with Gasteiger partial charge < -0.3 is 0 Å². The van der Waals surface area contributed by atoms with Gasteiger partial charge in [0.2, 0.25) is 0 Å². The fraction of sp³-hybridized carbons (Fsp3) is 0.0189. The maximum absolute atomic E-state index is 2.62. The fourth-order valence-electron chi connectivity index (χ4n) is 10.9. The molecule has 0 radical (unpaired) electrons. The molecule has 10 aromatic rings. The summed E-state index contributed by atoms with van der Waals surface area (Å²) in [4.78, 5) is 0. The second-order valence-corrected chi connectivity index (χ2v) is 15.0. The molecule has 13 rings (SSSR count). The highest BCUT2D eigenvalue weighted by atomic mass is 14.5. The van der Waals surface area contributed by atoms with E-state index in [1.807, 2.05) is 0 Å². The second-order valence-electron chi connectivity index (χ2n) is 15.0. The molecule has 0 nitrogen and oxygen atoms in total. The van der Waals surface area contributed by atoms with Crippen molar-refractivity contribution in [2.24, 2.45) is 0 Å². The Labute approximate surface area is 307 Å². The standard InChI is InChI=1S/C53H30/c1-3-16-33-31(14-1)28-42(36-19-6-5-18-35(33)36)51-34-17-4-2-15-32(34)29-43-39-23-13-24-41-49(39)44(52(43)51)30-48-50(41)40-22-9-12-27-47(40)53(48)45-25-10-7-20-37(45)38-21-8-11-26-46(38)53/h1-30H. The Bertz CT molecular complexity index is 3240. The predicted octanol–water partition coefficient (Wildman–Crippen LogP) is 14.0. The quantitative estimate of drug-likeness (QED) is 0.153. The second kappa shape index (κ2) is 9.76. The monoisotopic (exact) mass is 666 g/mol. The summed E-state index contributed by atoms with van der Waals surface area (Å²) in [5.74, 6) is 0. The Morgan fingerprint density at radius 3 is 1.49 bits per heavy atom. The van der Waals surface area contributed by atoms with Crippen molar-refractivity contribution in [3.8, 4) is 55.6 Å². The lowest BCUT2D eigenvalue weighted by Gasteiger charge is -2.31. The van der Waals surface area contributed by atoms with Crippen LogP contribution >= 0.6 is 0 Å². The normalized spacial score (nSPS) is 13.8. The van der Waals surface area contributed by atoms with Gasteiger partial charge in [-0.15, -0.1) is 0 Å². The van der Waals surface area contributed by atoms with Crippen molar-refractivity contribution in [1.82, 2.24) is 0 Å². The van der Waals surface area contributed by atoms with Crippen LogP contribution in [0.1, 0.15) is 22.3 Å². The molecule has 3 aliphatic rings. The van der Waals surface area contributed by atoms with Crippen LogP contribution in [0.3, 0.4) is 0 Å². The highest BCUT2D eigenvalue weighted by molar-refractivity contribution is 6.28. The lowest BCUT2D eigenvalue weighted by atomic mass is 9.70. The highest BCUT2D eigenvalue weighted by Crippen LogP contribution is 2.66. The lowest BCUT2D eigenvalue weighted by molar-refractivity contribution is 0.795. The smallest absolute Gasteiger partial charge is 0.0619 e. The first-order chi connectivity index (χ1) is 26.3. The van der Waals surface area contributed by atoms with Crippen molar-refractivity contribution in [2.75, 3.05) is 0 Å². The topological polar surface area (TPSA) is 0 Å². The van der Waals surface area contributed by atoms with E-state index in [9.17, 15) is 0 Å². The summed E-state index contributed by atoms with van der Waals surface area (Å²) in [6.45, 7) is 0. The van der Waals surface area contributed by atoms with Crippen molar-refractivity contribution < 1.29 is 0 Å². The zero-order chi connectivity index (χ0) is 34.4. The van der Waals surface area contributed by atoms with Crippen LogP contribution < -0.4 is 0 Å². The molecule has 0 unspecified atom stereocenters. The molecule has 53 heavy (non-hydrogen) atoms. The molecule has 0 heteroatoms. The zero-order valence-electron chi connectivity index (χ0n) is 28.8. The first-order valence-corrected chi connectivity index (χ1v) is 18.7. The van der Waals surface area contributed by atoms with E-state index in [1.165, 1.54) is 121 Å². The average molecular weight is 667 g/mol. The Hall–Kier alpha value is -6.76. The maximum atomic E-state index is 2.62. The van der Waals surface area contributed by atoms with Crippen molar-refractivity contribution >= 4 is 43.1 Å².